The number of rotatable bonds is 2. The number of hydrogen-bond donors (Lipinski definition) is 0. The predicted octanol–water partition coefficient (Wildman–Crippen LogP) is 14.6. The van der Waals surface area contributed by atoms with E-state index in [2.05, 4.69) is 188 Å². The van der Waals surface area contributed by atoms with Crippen molar-refractivity contribution in [2.45, 2.75) is 80.1 Å². The summed E-state index contributed by atoms with van der Waals surface area (Å²) in [7, 11) is 0. The molecule has 54 heavy (non-hydrogen) atoms. The number of hydrogen-bond acceptors (Lipinski definition) is 0. The quantitative estimate of drug-likeness (QED) is 0.159. The standard InChI is InChI=1S/C52H48N2/c1-29-19-30(2)22-37(21-29)53-45-18-14-36(52(8,9)10)28-43(45)49-39-15-11-33-25-42-41-27-35(51(5,6)7)13-17-44(41)54(38-23-31(3)20-32(4)24-38)50(42)40-16-12-34(26-46(49)53)47(39)48(33)40/h11-28H,1-10H3. The lowest BCUT2D eigenvalue weighted by atomic mass is 9.85. The van der Waals surface area contributed by atoms with Crippen LogP contribution in [0.25, 0.3) is 87.3 Å². The van der Waals surface area contributed by atoms with Crippen LogP contribution in [0, 0.1) is 27.7 Å². The summed E-state index contributed by atoms with van der Waals surface area (Å²) in [6, 6.07) is 42.8. The fourth-order valence-corrected chi connectivity index (χ4v) is 9.59. The second kappa shape index (κ2) is 11.0. The van der Waals surface area contributed by atoms with Crippen molar-refractivity contribution in [3.8, 4) is 11.4 Å². The first-order valence-corrected chi connectivity index (χ1v) is 19.5. The van der Waals surface area contributed by atoms with Gasteiger partial charge in [-0.05, 0) is 160 Å². The Balaban J connectivity index is 1.40. The minimum atomic E-state index is 0.0341. The van der Waals surface area contributed by atoms with E-state index in [9.17, 15) is 0 Å². The number of benzene rings is 8. The van der Waals surface area contributed by atoms with Crippen LogP contribution in [-0.4, -0.2) is 9.13 Å². The Labute approximate surface area is 318 Å². The molecule has 0 radical (unpaired) electrons. The highest BCUT2D eigenvalue weighted by molar-refractivity contribution is 6.36. The van der Waals surface area contributed by atoms with E-state index in [4.69, 9.17) is 0 Å². The van der Waals surface area contributed by atoms with Gasteiger partial charge < -0.3 is 9.13 Å². The van der Waals surface area contributed by atoms with Gasteiger partial charge in [0.15, 0.2) is 0 Å². The number of nitrogens with zero attached hydrogens (tertiary/aromatic N) is 2. The van der Waals surface area contributed by atoms with Crippen molar-refractivity contribution in [2.75, 3.05) is 0 Å². The van der Waals surface area contributed by atoms with E-state index in [1.165, 1.54) is 121 Å². The zero-order chi connectivity index (χ0) is 37.6. The Morgan fingerprint density at radius 2 is 0.833 bits per heavy atom. The Kier molecular flexibility index (Phi) is 6.71. The minimum Gasteiger partial charge on any atom is -0.309 e. The molecule has 0 saturated carbocycles. The van der Waals surface area contributed by atoms with E-state index < -0.39 is 0 Å². The van der Waals surface area contributed by atoms with E-state index in [0.717, 1.165) is 0 Å². The van der Waals surface area contributed by atoms with Crippen LogP contribution >= 0.6 is 0 Å². The van der Waals surface area contributed by atoms with Crippen molar-refractivity contribution in [1.29, 1.82) is 0 Å². The fraction of sp³-hybridized carbons (Fsp3) is 0.231. The summed E-state index contributed by atoms with van der Waals surface area (Å²) in [5, 5.41) is 13.2. The summed E-state index contributed by atoms with van der Waals surface area (Å²) in [6.07, 6.45) is 0. The molecule has 0 N–H and O–H groups in total. The summed E-state index contributed by atoms with van der Waals surface area (Å²) in [5.74, 6) is 0. The van der Waals surface area contributed by atoms with Gasteiger partial charge in [-0.3, -0.25) is 0 Å². The van der Waals surface area contributed by atoms with Crippen LogP contribution in [0.15, 0.2) is 109 Å². The van der Waals surface area contributed by atoms with Gasteiger partial charge in [-0.25, -0.2) is 0 Å². The lowest BCUT2D eigenvalue weighted by molar-refractivity contribution is 0.591. The van der Waals surface area contributed by atoms with Crippen LogP contribution in [0.2, 0.25) is 0 Å². The average molecular weight is 701 g/mol. The predicted molar refractivity (Wildman–Crippen MR) is 235 cm³/mol. The fourth-order valence-electron chi connectivity index (χ4n) is 9.59. The molecule has 266 valence electrons. The molecule has 2 nitrogen and oxygen atoms in total. The molecular formula is C52H48N2. The van der Waals surface area contributed by atoms with Crippen molar-refractivity contribution >= 4 is 75.9 Å². The molecule has 0 bridgehead atoms. The van der Waals surface area contributed by atoms with Gasteiger partial charge in [0.05, 0.1) is 22.1 Å². The van der Waals surface area contributed by atoms with Gasteiger partial charge in [-0.2, -0.15) is 0 Å². The third-order valence-electron chi connectivity index (χ3n) is 12.0. The highest BCUT2D eigenvalue weighted by Gasteiger charge is 2.25. The Bertz CT molecular complexity index is 3160. The molecule has 2 heterocycles. The Hall–Kier alpha value is -5.60. The molecule has 0 atom stereocenters. The molecule has 10 rings (SSSR count). The van der Waals surface area contributed by atoms with Crippen LogP contribution in [0.5, 0.6) is 0 Å². The van der Waals surface area contributed by atoms with Gasteiger partial charge in [-0.15, -0.1) is 0 Å². The Morgan fingerprint density at radius 1 is 0.352 bits per heavy atom. The first-order valence-electron chi connectivity index (χ1n) is 19.5. The average Bonchev–Trinajstić information content (AvgIpc) is 3.60. The molecular weight excluding hydrogens is 653 g/mol. The molecule has 0 spiro atoms. The second-order valence-corrected chi connectivity index (χ2v) is 18.3. The molecule has 2 heteroatoms. The van der Waals surface area contributed by atoms with Gasteiger partial charge in [0, 0.05) is 38.3 Å². The summed E-state index contributed by atoms with van der Waals surface area (Å²) < 4.78 is 5.05. The lowest BCUT2D eigenvalue weighted by Crippen LogP contribution is -2.10. The normalized spacial score (nSPS) is 13.0. The third kappa shape index (κ3) is 4.72. The highest BCUT2D eigenvalue weighted by atomic mass is 15.0. The maximum atomic E-state index is 2.54. The second-order valence-electron chi connectivity index (χ2n) is 18.3. The van der Waals surface area contributed by atoms with E-state index in [1.54, 1.807) is 0 Å². The highest BCUT2D eigenvalue weighted by Crippen LogP contribution is 2.47. The van der Waals surface area contributed by atoms with Gasteiger partial charge in [0.2, 0.25) is 0 Å². The van der Waals surface area contributed by atoms with E-state index >= 15 is 0 Å². The first kappa shape index (κ1) is 33.0. The van der Waals surface area contributed by atoms with Crippen molar-refractivity contribution < 1.29 is 0 Å². The van der Waals surface area contributed by atoms with E-state index in [1.807, 2.05) is 0 Å². The molecule has 10 aromatic rings. The number of aryl methyl sites for hydroxylation is 4. The summed E-state index contributed by atoms with van der Waals surface area (Å²) in [5.41, 5.74) is 15.4. The van der Waals surface area contributed by atoms with Gasteiger partial charge in [0.1, 0.15) is 0 Å². The van der Waals surface area contributed by atoms with Crippen LogP contribution in [0.1, 0.15) is 74.9 Å². The minimum absolute atomic E-state index is 0.0341. The zero-order valence-electron chi connectivity index (χ0n) is 33.3. The van der Waals surface area contributed by atoms with Crippen molar-refractivity contribution in [3.05, 3.63) is 143 Å². The maximum absolute atomic E-state index is 2.54. The van der Waals surface area contributed by atoms with Crippen LogP contribution in [0.3, 0.4) is 0 Å². The van der Waals surface area contributed by atoms with E-state index in [-0.39, 0.29) is 10.8 Å². The smallest absolute Gasteiger partial charge is 0.0620 e. The SMILES string of the molecule is Cc1cc(C)cc(-n2c3ccc(C(C)(C)C)cc3c3c4ccc5cc6c7cc(C(C)(C)C)ccc7n(-c7cc(C)cc(C)c7)c6c6ccc(cc32)c4c56)c1. The van der Waals surface area contributed by atoms with Gasteiger partial charge in [0.25, 0.3) is 0 Å². The zero-order valence-corrected chi connectivity index (χ0v) is 33.3. The largest absolute Gasteiger partial charge is 0.309 e. The van der Waals surface area contributed by atoms with Crippen molar-refractivity contribution in [2.24, 2.45) is 0 Å². The number of fused-ring (bicyclic) bond motifs is 8. The molecule has 2 aromatic heterocycles. The molecule has 0 fully saturated rings. The molecule has 0 aliphatic carbocycles. The molecule has 0 aliphatic rings. The third-order valence-corrected chi connectivity index (χ3v) is 12.0. The Morgan fingerprint density at radius 3 is 1.41 bits per heavy atom. The molecule has 0 saturated heterocycles. The van der Waals surface area contributed by atoms with Crippen molar-refractivity contribution in [1.82, 2.24) is 9.13 Å². The molecule has 0 unspecified atom stereocenters. The lowest BCUT2D eigenvalue weighted by Gasteiger charge is -2.19. The molecule has 0 amide bonds. The summed E-state index contributed by atoms with van der Waals surface area (Å²) >= 11 is 0. The van der Waals surface area contributed by atoms with Crippen molar-refractivity contribution in [3.63, 3.8) is 0 Å². The van der Waals surface area contributed by atoms with Crippen LogP contribution in [-0.2, 0) is 10.8 Å². The first-order chi connectivity index (χ1) is 25.7. The van der Waals surface area contributed by atoms with E-state index in [0.29, 0.717) is 0 Å². The monoisotopic (exact) mass is 700 g/mol. The summed E-state index contributed by atoms with van der Waals surface area (Å²) in [6.45, 7) is 22.7. The van der Waals surface area contributed by atoms with Gasteiger partial charge in [-0.1, -0.05) is 90.1 Å². The molecule has 8 aromatic carbocycles. The van der Waals surface area contributed by atoms with Gasteiger partial charge >= 0.3 is 0 Å². The summed E-state index contributed by atoms with van der Waals surface area (Å²) in [4.78, 5) is 0. The molecule has 0 aliphatic heterocycles. The van der Waals surface area contributed by atoms with Crippen LogP contribution < -0.4 is 0 Å². The maximum Gasteiger partial charge on any atom is 0.0620 e. The van der Waals surface area contributed by atoms with Crippen LogP contribution in [0.4, 0.5) is 0 Å². The number of aromatic nitrogens is 2. The topological polar surface area (TPSA) is 9.86 Å².